The second kappa shape index (κ2) is 7.52. The fraction of sp³-hybridized carbons (Fsp3) is 0.130. The molecule has 3 aromatic heterocycles. The van der Waals surface area contributed by atoms with E-state index >= 15 is 0 Å². The predicted molar refractivity (Wildman–Crippen MR) is 120 cm³/mol. The number of para-hydroxylation sites is 2. The highest BCUT2D eigenvalue weighted by Crippen LogP contribution is 2.30. The molecule has 0 unspecified atom stereocenters. The molecule has 31 heavy (non-hydrogen) atoms. The number of hydrogen-bond donors (Lipinski definition) is 0. The topological polar surface area (TPSA) is 74.3 Å². The average Bonchev–Trinajstić information content (AvgIpc) is 3.19. The predicted octanol–water partition coefficient (Wildman–Crippen LogP) is 4.32. The third-order valence-electron chi connectivity index (χ3n) is 5.26. The highest BCUT2D eigenvalue weighted by atomic mass is 35.5. The van der Waals surface area contributed by atoms with E-state index in [1.54, 1.807) is 23.9 Å². The molecular formula is C23H18ClN5O2. The van der Waals surface area contributed by atoms with Gasteiger partial charge in [-0.25, -0.2) is 4.52 Å². The SMILES string of the molecule is CCc1nn2c(nnc3c(=O)n(-c4ccccc4OC)ccc32)c1-c1ccc(Cl)cc1. The number of pyridine rings is 1. The van der Waals surface area contributed by atoms with E-state index in [4.69, 9.17) is 21.4 Å². The molecule has 0 bridgehead atoms. The first-order valence-electron chi connectivity index (χ1n) is 9.81. The van der Waals surface area contributed by atoms with Crippen molar-refractivity contribution in [2.24, 2.45) is 0 Å². The molecule has 5 rings (SSSR count). The number of rotatable bonds is 4. The molecule has 0 aliphatic heterocycles. The third-order valence-corrected chi connectivity index (χ3v) is 5.52. The van der Waals surface area contributed by atoms with Gasteiger partial charge in [0.25, 0.3) is 5.56 Å². The first-order valence-corrected chi connectivity index (χ1v) is 10.2. The lowest BCUT2D eigenvalue weighted by Gasteiger charge is -2.11. The van der Waals surface area contributed by atoms with Crippen molar-refractivity contribution in [3.05, 3.63) is 81.9 Å². The van der Waals surface area contributed by atoms with Gasteiger partial charge in [0.1, 0.15) is 11.3 Å². The molecule has 0 saturated carbocycles. The van der Waals surface area contributed by atoms with Crippen LogP contribution in [0.3, 0.4) is 0 Å². The number of nitrogens with zero attached hydrogens (tertiary/aromatic N) is 5. The second-order valence-corrected chi connectivity index (χ2v) is 7.45. The van der Waals surface area contributed by atoms with E-state index in [0.29, 0.717) is 34.0 Å². The molecule has 0 atom stereocenters. The van der Waals surface area contributed by atoms with Crippen molar-refractivity contribution < 1.29 is 4.74 Å². The molecular weight excluding hydrogens is 414 g/mol. The maximum Gasteiger partial charge on any atom is 0.285 e. The van der Waals surface area contributed by atoms with Crippen LogP contribution in [0.25, 0.3) is 33.5 Å². The number of ether oxygens (including phenoxy) is 1. The van der Waals surface area contributed by atoms with Crippen molar-refractivity contribution in [3.8, 4) is 22.6 Å². The zero-order valence-electron chi connectivity index (χ0n) is 16.9. The van der Waals surface area contributed by atoms with Crippen molar-refractivity contribution in [1.82, 2.24) is 24.4 Å². The van der Waals surface area contributed by atoms with Crippen LogP contribution >= 0.6 is 11.6 Å². The van der Waals surface area contributed by atoms with Gasteiger partial charge >= 0.3 is 0 Å². The molecule has 2 aromatic carbocycles. The van der Waals surface area contributed by atoms with Crippen molar-refractivity contribution in [1.29, 1.82) is 0 Å². The van der Waals surface area contributed by atoms with Gasteiger partial charge in [-0.3, -0.25) is 9.36 Å². The molecule has 0 amide bonds. The van der Waals surface area contributed by atoms with E-state index in [-0.39, 0.29) is 11.1 Å². The Balaban J connectivity index is 1.78. The fourth-order valence-corrected chi connectivity index (χ4v) is 3.90. The minimum absolute atomic E-state index is 0.230. The molecule has 0 spiro atoms. The summed E-state index contributed by atoms with van der Waals surface area (Å²) in [6.45, 7) is 2.03. The molecule has 154 valence electrons. The van der Waals surface area contributed by atoms with Gasteiger partial charge < -0.3 is 4.74 Å². The standard InChI is InChI=1S/C23H18ClN5O2/c1-3-16-20(14-8-10-15(24)11-9-14)22-26-25-21-18(29(22)27-16)12-13-28(23(21)30)17-6-4-5-7-19(17)31-2/h4-13H,3H2,1-2H3. The summed E-state index contributed by atoms with van der Waals surface area (Å²) in [5.74, 6) is 0.593. The Morgan fingerprint density at radius 2 is 1.81 bits per heavy atom. The smallest absolute Gasteiger partial charge is 0.285 e. The van der Waals surface area contributed by atoms with Crippen LogP contribution in [0, 0.1) is 0 Å². The lowest BCUT2D eigenvalue weighted by atomic mass is 10.0. The monoisotopic (exact) mass is 431 g/mol. The van der Waals surface area contributed by atoms with Crippen molar-refractivity contribution in [3.63, 3.8) is 0 Å². The normalized spacial score (nSPS) is 11.3. The first kappa shape index (κ1) is 19.3. The van der Waals surface area contributed by atoms with Gasteiger partial charge in [-0.2, -0.15) is 5.10 Å². The van der Waals surface area contributed by atoms with Gasteiger partial charge in [0.15, 0.2) is 11.2 Å². The number of aryl methyl sites for hydroxylation is 1. The van der Waals surface area contributed by atoms with Crippen LogP contribution in [0.2, 0.25) is 5.02 Å². The molecule has 0 saturated heterocycles. The number of methoxy groups -OCH3 is 1. The number of fused-ring (bicyclic) bond motifs is 3. The number of benzene rings is 2. The van der Waals surface area contributed by atoms with E-state index in [0.717, 1.165) is 16.8 Å². The Morgan fingerprint density at radius 3 is 2.55 bits per heavy atom. The lowest BCUT2D eigenvalue weighted by Crippen LogP contribution is -2.20. The van der Waals surface area contributed by atoms with E-state index < -0.39 is 0 Å². The molecule has 0 aliphatic carbocycles. The largest absolute Gasteiger partial charge is 0.495 e. The minimum atomic E-state index is -0.294. The van der Waals surface area contributed by atoms with Crippen LogP contribution in [0.4, 0.5) is 0 Å². The number of halogens is 1. The highest BCUT2D eigenvalue weighted by Gasteiger charge is 2.19. The fourth-order valence-electron chi connectivity index (χ4n) is 3.77. The Bertz CT molecular complexity index is 1490. The maximum absolute atomic E-state index is 13.3. The van der Waals surface area contributed by atoms with E-state index in [1.807, 2.05) is 55.5 Å². The zero-order chi connectivity index (χ0) is 21.5. The molecule has 0 aliphatic rings. The van der Waals surface area contributed by atoms with Gasteiger partial charge in [0, 0.05) is 11.2 Å². The number of aromatic nitrogens is 5. The Hall–Kier alpha value is -3.71. The van der Waals surface area contributed by atoms with Crippen LogP contribution in [0.1, 0.15) is 12.6 Å². The lowest BCUT2D eigenvalue weighted by molar-refractivity contribution is 0.412. The quantitative estimate of drug-likeness (QED) is 0.423. The molecule has 3 heterocycles. The maximum atomic E-state index is 13.3. The average molecular weight is 432 g/mol. The minimum Gasteiger partial charge on any atom is -0.495 e. The molecule has 7 nitrogen and oxygen atoms in total. The summed E-state index contributed by atoms with van der Waals surface area (Å²) in [7, 11) is 1.57. The number of hydrogen-bond acceptors (Lipinski definition) is 5. The van der Waals surface area contributed by atoms with E-state index in [1.165, 1.54) is 4.57 Å². The van der Waals surface area contributed by atoms with Crippen LogP contribution in [0.15, 0.2) is 65.6 Å². The van der Waals surface area contributed by atoms with Crippen LogP contribution < -0.4 is 10.3 Å². The van der Waals surface area contributed by atoms with Gasteiger partial charge in [0.05, 0.1) is 24.1 Å². The molecule has 0 N–H and O–H groups in total. The van der Waals surface area contributed by atoms with Crippen molar-refractivity contribution >= 4 is 28.3 Å². The summed E-state index contributed by atoms with van der Waals surface area (Å²) in [6.07, 6.45) is 2.42. The molecule has 8 heteroatoms. The van der Waals surface area contributed by atoms with Gasteiger partial charge in [0.2, 0.25) is 0 Å². The van der Waals surface area contributed by atoms with Crippen LogP contribution in [-0.2, 0) is 6.42 Å². The molecule has 0 radical (unpaired) electrons. The summed E-state index contributed by atoms with van der Waals surface area (Å²) in [6, 6.07) is 16.7. The summed E-state index contributed by atoms with van der Waals surface area (Å²) < 4.78 is 8.60. The summed E-state index contributed by atoms with van der Waals surface area (Å²) >= 11 is 6.05. The summed E-state index contributed by atoms with van der Waals surface area (Å²) in [4.78, 5) is 13.3. The Labute approximate surface area is 182 Å². The first-order chi connectivity index (χ1) is 15.1. The van der Waals surface area contributed by atoms with Gasteiger partial charge in [-0.1, -0.05) is 42.8 Å². The van der Waals surface area contributed by atoms with Gasteiger partial charge in [-0.05, 0) is 42.3 Å². The van der Waals surface area contributed by atoms with E-state index in [9.17, 15) is 4.79 Å². The zero-order valence-corrected chi connectivity index (χ0v) is 17.7. The third kappa shape index (κ3) is 3.05. The van der Waals surface area contributed by atoms with E-state index in [2.05, 4.69) is 10.2 Å². The van der Waals surface area contributed by atoms with Crippen LogP contribution in [-0.4, -0.2) is 31.5 Å². The Morgan fingerprint density at radius 1 is 1.03 bits per heavy atom. The van der Waals surface area contributed by atoms with Crippen LogP contribution in [0.5, 0.6) is 5.75 Å². The summed E-state index contributed by atoms with van der Waals surface area (Å²) in [5.41, 5.74) is 4.48. The highest BCUT2D eigenvalue weighted by molar-refractivity contribution is 6.30. The van der Waals surface area contributed by atoms with Crippen molar-refractivity contribution in [2.75, 3.05) is 7.11 Å². The van der Waals surface area contributed by atoms with Crippen molar-refractivity contribution in [2.45, 2.75) is 13.3 Å². The van der Waals surface area contributed by atoms with Gasteiger partial charge in [-0.15, -0.1) is 10.2 Å². The summed E-state index contributed by atoms with van der Waals surface area (Å²) in [5, 5.41) is 14.1. The second-order valence-electron chi connectivity index (χ2n) is 7.01. The molecule has 5 aromatic rings. The molecule has 0 fully saturated rings. The Kier molecular flexibility index (Phi) is 4.67.